The van der Waals surface area contributed by atoms with E-state index in [0.717, 1.165) is 43.5 Å². The number of fused-ring (bicyclic) bond motifs is 2. The standard InChI is InChI=1S/C22H31N3O3/c1-14-4-3-5-15(10-14)23-21(26)13-25-9-8-20-18(12-25)22(27)17-11-16(28-2)6-7-19(17)24-20/h3-5,10,16-20,24H,6-9,11-13H2,1-2H3,(H,23,26). The molecule has 6 nitrogen and oxygen atoms in total. The minimum Gasteiger partial charge on any atom is -0.381 e. The van der Waals surface area contributed by atoms with Gasteiger partial charge in [0.15, 0.2) is 0 Å². The Balaban J connectivity index is 1.35. The van der Waals surface area contributed by atoms with Crippen molar-refractivity contribution in [2.24, 2.45) is 11.8 Å². The average Bonchev–Trinajstić information content (AvgIpc) is 2.68. The Morgan fingerprint density at radius 2 is 2.07 bits per heavy atom. The van der Waals surface area contributed by atoms with Gasteiger partial charge in [0.25, 0.3) is 0 Å². The number of nitrogens with one attached hydrogen (secondary N) is 2. The molecule has 152 valence electrons. The maximum absolute atomic E-state index is 13.2. The van der Waals surface area contributed by atoms with Crippen LogP contribution in [0.4, 0.5) is 5.69 Å². The number of rotatable bonds is 4. The van der Waals surface area contributed by atoms with Crippen molar-refractivity contribution in [1.29, 1.82) is 0 Å². The van der Waals surface area contributed by atoms with E-state index in [2.05, 4.69) is 15.5 Å². The monoisotopic (exact) mass is 385 g/mol. The number of carbonyl (C=O) groups is 2. The largest absolute Gasteiger partial charge is 0.381 e. The van der Waals surface area contributed by atoms with Crippen LogP contribution in [-0.4, -0.2) is 61.5 Å². The topological polar surface area (TPSA) is 70.7 Å². The molecule has 6 heteroatoms. The van der Waals surface area contributed by atoms with Gasteiger partial charge in [0, 0.05) is 49.8 Å². The van der Waals surface area contributed by atoms with Crippen LogP contribution in [0.5, 0.6) is 0 Å². The molecule has 1 aromatic carbocycles. The van der Waals surface area contributed by atoms with Gasteiger partial charge in [0.2, 0.25) is 5.91 Å². The Hall–Kier alpha value is -1.76. The van der Waals surface area contributed by atoms with Gasteiger partial charge in [-0.05, 0) is 50.3 Å². The molecule has 5 atom stereocenters. The molecule has 0 bridgehead atoms. The summed E-state index contributed by atoms with van der Waals surface area (Å²) in [5, 5.41) is 6.72. The highest BCUT2D eigenvalue weighted by molar-refractivity contribution is 5.92. The number of aryl methyl sites for hydroxylation is 1. The van der Waals surface area contributed by atoms with Crippen LogP contribution in [0.25, 0.3) is 0 Å². The molecule has 3 fully saturated rings. The van der Waals surface area contributed by atoms with Gasteiger partial charge in [-0.3, -0.25) is 14.5 Å². The van der Waals surface area contributed by atoms with Crippen LogP contribution in [0.1, 0.15) is 31.2 Å². The molecule has 0 aromatic heterocycles. The number of ketones is 1. The lowest BCUT2D eigenvalue weighted by molar-refractivity contribution is -0.138. The second-order valence-corrected chi connectivity index (χ2v) is 8.61. The lowest BCUT2D eigenvalue weighted by Crippen LogP contribution is -2.64. The van der Waals surface area contributed by atoms with Crippen LogP contribution < -0.4 is 10.6 Å². The summed E-state index contributed by atoms with van der Waals surface area (Å²) >= 11 is 0. The zero-order chi connectivity index (χ0) is 19.7. The summed E-state index contributed by atoms with van der Waals surface area (Å²) in [5.41, 5.74) is 1.94. The van der Waals surface area contributed by atoms with Crippen LogP contribution in [0.2, 0.25) is 0 Å². The van der Waals surface area contributed by atoms with Crippen LogP contribution in [-0.2, 0) is 14.3 Å². The fourth-order valence-electron chi connectivity index (χ4n) is 5.19. The van der Waals surface area contributed by atoms with Crippen molar-refractivity contribution in [2.45, 2.75) is 50.8 Å². The Morgan fingerprint density at radius 1 is 1.25 bits per heavy atom. The van der Waals surface area contributed by atoms with E-state index in [0.29, 0.717) is 24.9 Å². The molecule has 0 spiro atoms. The molecule has 2 saturated heterocycles. The number of carbonyl (C=O) groups excluding carboxylic acids is 2. The molecule has 2 heterocycles. The van der Waals surface area contributed by atoms with E-state index < -0.39 is 0 Å². The predicted molar refractivity (Wildman–Crippen MR) is 108 cm³/mol. The molecule has 3 aliphatic rings. The minimum absolute atomic E-state index is 0.0163. The van der Waals surface area contributed by atoms with Gasteiger partial charge in [-0.1, -0.05) is 12.1 Å². The van der Waals surface area contributed by atoms with E-state index in [1.54, 1.807) is 7.11 Å². The summed E-state index contributed by atoms with van der Waals surface area (Å²) < 4.78 is 5.52. The van der Waals surface area contributed by atoms with Crippen molar-refractivity contribution in [3.8, 4) is 0 Å². The van der Waals surface area contributed by atoms with Gasteiger partial charge in [0.05, 0.1) is 12.6 Å². The maximum Gasteiger partial charge on any atom is 0.238 e. The molecule has 28 heavy (non-hydrogen) atoms. The molecular weight excluding hydrogens is 354 g/mol. The molecular formula is C22H31N3O3. The van der Waals surface area contributed by atoms with Crippen molar-refractivity contribution >= 4 is 17.4 Å². The van der Waals surface area contributed by atoms with Gasteiger partial charge in [-0.2, -0.15) is 0 Å². The SMILES string of the molecule is COC1CCC2NC3CCN(CC(=O)Nc4cccc(C)c4)CC3C(=O)C2C1. The number of hydrogen-bond donors (Lipinski definition) is 2. The minimum atomic E-state index is -0.0183. The van der Waals surface area contributed by atoms with E-state index in [-0.39, 0.29) is 29.9 Å². The second kappa shape index (κ2) is 8.31. The predicted octanol–water partition coefficient (Wildman–Crippen LogP) is 1.98. The smallest absolute Gasteiger partial charge is 0.238 e. The first-order chi connectivity index (χ1) is 13.5. The third-order valence-electron chi connectivity index (χ3n) is 6.66. The first-order valence-electron chi connectivity index (χ1n) is 10.4. The number of nitrogens with zero attached hydrogens (tertiary/aromatic N) is 1. The second-order valence-electron chi connectivity index (χ2n) is 8.61. The highest BCUT2D eigenvalue weighted by Gasteiger charge is 2.47. The number of methoxy groups -OCH3 is 1. The summed E-state index contributed by atoms with van der Waals surface area (Å²) in [7, 11) is 1.74. The number of Topliss-reactive ketones (excluding diaryl/α,β-unsaturated/α-hetero) is 1. The zero-order valence-corrected chi connectivity index (χ0v) is 16.8. The van der Waals surface area contributed by atoms with Gasteiger partial charge in [-0.25, -0.2) is 0 Å². The zero-order valence-electron chi connectivity index (χ0n) is 16.8. The average molecular weight is 386 g/mol. The first kappa shape index (κ1) is 19.6. The van der Waals surface area contributed by atoms with E-state index in [1.807, 2.05) is 31.2 Å². The van der Waals surface area contributed by atoms with Crippen molar-refractivity contribution in [3.05, 3.63) is 29.8 Å². The Kier molecular flexibility index (Phi) is 5.80. The number of likely N-dealkylation sites (tertiary alicyclic amines) is 1. The Bertz CT molecular complexity index is 737. The summed E-state index contributed by atoms with van der Waals surface area (Å²) in [6.07, 6.45) is 3.99. The molecule has 1 saturated carbocycles. The Labute approximate surface area is 167 Å². The number of piperidine rings is 2. The summed E-state index contributed by atoms with van der Waals surface area (Å²) in [5.74, 6) is 0.396. The molecule has 1 amide bonds. The summed E-state index contributed by atoms with van der Waals surface area (Å²) in [6.45, 7) is 3.85. The van der Waals surface area contributed by atoms with E-state index >= 15 is 0 Å². The van der Waals surface area contributed by atoms with Crippen molar-refractivity contribution in [3.63, 3.8) is 0 Å². The first-order valence-corrected chi connectivity index (χ1v) is 10.4. The molecule has 0 radical (unpaired) electrons. The van der Waals surface area contributed by atoms with E-state index in [1.165, 1.54) is 0 Å². The molecule has 1 aromatic rings. The van der Waals surface area contributed by atoms with E-state index in [4.69, 9.17) is 4.74 Å². The van der Waals surface area contributed by atoms with Crippen molar-refractivity contribution in [1.82, 2.24) is 10.2 Å². The number of hydrogen-bond acceptors (Lipinski definition) is 5. The fraction of sp³-hybridized carbons (Fsp3) is 0.636. The third kappa shape index (κ3) is 4.14. The normalized spacial score (nSPS) is 33.1. The summed E-state index contributed by atoms with van der Waals surface area (Å²) in [6, 6.07) is 8.38. The Morgan fingerprint density at radius 3 is 2.86 bits per heavy atom. The van der Waals surface area contributed by atoms with Crippen LogP contribution in [0.15, 0.2) is 24.3 Å². The highest BCUT2D eigenvalue weighted by atomic mass is 16.5. The van der Waals surface area contributed by atoms with Crippen molar-refractivity contribution < 1.29 is 14.3 Å². The lowest BCUT2D eigenvalue weighted by Gasteiger charge is -2.48. The quantitative estimate of drug-likeness (QED) is 0.829. The number of amides is 1. The van der Waals surface area contributed by atoms with Crippen LogP contribution in [0.3, 0.4) is 0 Å². The molecule has 1 aliphatic carbocycles. The number of ether oxygens (including phenoxy) is 1. The van der Waals surface area contributed by atoms with Crippen LogP contribution in [0, 0.1) is 18.8 Å². The van der Waals surface area contributed by atoms with Gasteiger partial charge < -0.3 is 15.4 Å². The molecule has 5 unspecified atom stereocenters. The third-order valence-corrected chi connectivity index (χ3v) is 6.66. The fourth-order valence-corrected chi connectivity index (χ4v) is 5.19. The highest BCUT2D eigenvalue weighted by Crippen LogP contribution is 2.36. The van der Waals surface area contributed by atoms with Gasteiger partial charge in [0.1, 0.15) is 5.78 Å². The maximum atomic E-state index is 13.2. The number of benzene rings is 1. The van der Waals surface area contributed by atoms with E-state index in [9.17, 15) is 9.59 Å². The molecule has 2 N–H and O–H groups in total. The number of anilines is 1. The summed E-state index contributed by atoms with van der Waals surface area (Å²) in [4.78, 5) is 27.8. The van der Waals surface area contributed by atoms with Gasteiger partial charge >= 0.3 is 0 Å². The lowest BCUT2D eigenvalue weighted by atomic mass is 9.70. The molecule has 2 aliphatic heterocycles. The molecule has 4 rings (SSSR count). The van der Waals surface area contributed by atoms with Crippen molar-refractivity contribution in [2.75, 3.05) is 32.1 Å². The van der Waals surface area contributed by atoms with Crippen LogP contribution >= 0.6 is 0 Å². The van der Waals surface area contributed by atoms with Gasteiger partial charge in [-0.15, -0.1) is 0 Å².